The molecule has 0 aliphatic rings. The van der Waals surface area contributed by atoms with Crippen LogP contribution >= 0.6 is 0 Å². The van der Waals surface area contributed by atoms with Crippen LogP contribution in [0.3, 0.4) is 0 Å². The Balaban J connectivity index is 2.30. The van der Waals surface area contributed by atoms with Crippen molar-refractivity contribution in [3.63, 3.8) is 0 Å². The Morgan fingerprint density at radius 3 is 1.77 bits per heavy atom. The van der Waals surface area contributed by atoms with Crippen molar-refractivity contribution in [3.05, 3.63) is 71.8 Å². The second-order valence-electron chi connectivity index (χ2n) is 5.06. The first-order valence-electron chi connectivity index (χ1n) is 7.26. The van der Waals surface area contributed by atoms with Crippen LogP contribution < -0.4 is 5.32 Å². The van der Waals surface area contributed by atoms with E-state index in [0.29, 0.717) is 0 Å². The van der Waals surface area contributed by atoms with Crippen molar-refractivity contribution in [2.45, 2.75) is 19.4 Å². The van der Waals surface area contributed by atoms with Crippen molar-refractivity contribution in [2.75, 3.05) is 0 Å². The molecule has 0 aliphatic carbocycles. The van der Waals surface area contributed by atoms with E-state index in [1.165, 1.54) is 0 Å². The zero-order valence-corrected chi connectivity index (χ0v) is 12.4. The summed E-state index contributed by atoms with van der Waals surface area (Å²) in [4.78, 5) is 23.4. The maximum atomic E-state index is 12.3. The third-order valence-corrected chi connectivity index (χ3v) is 3.58. The average Bonchev–Trinajstić information content (AvgIpc) is 2.54. The molecule has 0 bridgehead atoms. The number of hydrogen-bond acceptors (Lipinski definition) is 2. The highest BCUT2D eigenvalue weighted by Gasteiger charge is 2.27. The highest BCUT2D eigenvalue weighted by molar-refractivity contribution is 5.97. The van der Waals surface area contributed by atoms with Gasteiger partial charge in [-0.25, -0.2) is 0 Å². The van der Waals surface area contributed by atoms with Gasteiger partial charge in [0.2, 0.25) is 5.91 Å². The predicted octanol–water partition coefficient (Wildman–Crippen LogP) is 3.00. The Morgan fingerprint density at radius 1 is 0.955 bits per heavy atom. The quantitative estimate of drug-likeness (QED) is 0.805. The highest BCUT2D eigenvalue weighted by atomic mass is 16.4. The van der Waals surface area contributed by atoms with Gasteiger partial charge in [-0.15, -0.1) is 0 Å². The van der Waals surface area contributed by atoms with Crippen LogP contribution in [0.1, 0.15) is 30.5 Å². The molecule has 0 saturated carbocycles. The van der Waals surface area contributed by atoms with Gasteiger partial charge in [0.15, 0.2) is 0 Å². The summed E-state index contributed by atoms with van der Waals surface area (Å²) >= 11 is 0. The van der Waals surface area contributed by atoms with E-state index in [1.807, 2.05) is 60.7 Å². The van der Waals surface area contributed by atoms with E-state index in [2.05, 4.69) is 5.32 Å². The number of carboxylic acid groups (broad SMARTS) is 1. The number of benzene rings is 2. The van der Waals surface area contributed by atoms with Gasteiger partial charge >= 0.3 is 5.97 Å². The number of carbonyl (C=O) groups is 2. The molecule has 114 valence electrons. The number of nitrogens with one attached hydrogen (secondary N) is 1. The van der Waals surface area contributed by atoms with Gasteiger partial charge in [0.1, 0.15) is 5.92 Å². The van der Waals surface area contributed by atoms with Crippen LogP contribution in [0, 0.1) is 5.92 Å². The summed E-state index contributed by atoms with van der Waals surface area (Å²) in [5.74, 6) is -2.59. The predicted molar refractivity (Wildman–Crippen MR) is 84.3 cm³/mol. The zero-order valence-electron chi connectivity index (χ0n) is 12.4. The Labute approximate surface area is 129 Å². The summed E-state index contributed by atoms with van der Waals surface area (Å²) in [6, 6.07) is 18.7. The third kappa shape index (κ3) is 3.73. The lowest BCUT2D eigenvalue weighted by Crippen LogP contribution is -2.37. The molecule has 1 unspecified atom stereocenters. The minimum absolute atomic E-state index is 0.261. The normalized spacial score (nSPS) is 11.9. The molecule has 0 aliphatic heterocycles. The number of aliphatic carboxylic acids is 1. The molecule has 4 nitrogen and oxygen atoms in total. The molecule has 1 amide bonds. The summed E-state index contributed by atoms with van der Waals surface area (Å²) < 4.78 is 0. The number of amides is 1. The fourth-order valence-corrected chi connectivity index (χ4v) is 2.37. The molecule has 2 aromatic rings. The smallest absolute Gasteiger partial charge is 0.316 e. The van der Waals surface area contributed by atoms with E-state index >= 15 is 0 Å². The summed E-state index contributed by atoms with van der Waals surface area (Å²) in [6.45, 7) is 1.69. The Morgan fingerprint density at radius 2 is 1.41 bits per heavy atom. The first kappa shape index (κ1) is 15.8. The van der Waals surface area contributed by atoms with Crippen LogP contribution in [0.25, 0.3) is 0 Å². The van der Waals surface area contributed by atoms with Crippen LogP contribution in [0.15, 0.2) is 60.7 Å². The van der Waals surface area contributed by atoms with Crippen molar-refractivity contribution in [3.8, 4) is 0 Å². The molecule has 2 N–H and O–H groups in total. The lowest BCUT2D eigenvalue weighted by atomic mass is 9.97. The summed E-state index contributed by atoms with van der Waals surface area (Å²) in [7, 11) is 0. The van der Waals surface area contributed by atoms with Crippen LogP contribution in [0.2, 0.25) is 0 Å². The van der Waals surface area contributed by atoms with Crippen molar-refractivity contribution < 1.29 is 14.7 Å². The van der Waals surface area contributed by atoms with Crippen molar-refractivity contribution >= 4 is 11.9 Å². The Hall–Kier alpha value is -2.62. The van der Waals surface area contributed by atoms with Gasteiger partial charge < -0.3 is 10.4 Å². The molecular weight excluding hydrogens is 278 g/mol. The fraction of sp³-hybridized carbons (Fsp3) is 0.222. The molecule has 2 rings (SSSR count). The third-order valence-electron chi connectivity index (χ3n) is 3.58. The lowest BCUT2D eigenvalue weighted by Gasteiger charge is -2.21. The van der Waals surface area contributed by atoms with Gasteiger partial charge in [-0.3, -0.25) is 9.59 Å². The van der Waals surface area contributed by atoms with E-state index in [-0.39, 0.29) is 12.5 Å². The first-order valence-corrected chi connectivity index (χ1v) is 7.26. The molecule has 4 heteroatoms. The van der Waals surface area contributed by atoms with Crippen molar-refractivity contribution in [2.24, 2.45) is 5.92 Å². The average molecular weight is 297 g/mol. The SMILES string of the molecule is CCC(C(=O)O)C(=O)NC(c1ccccc1)c1ccccc1. The van der Waals surface area contributed by atoms with Crippen LogP contribution in [-0.4, -0.2) is 17.0 Å². The van der Waals surface area contributed by atoms with Crippen molar-refractivity contribution in [1.29, 1.82) is 0 Å². The van der Waals surface area contributed by atoms with E-state index in [1.54, 1.807) is 6.92 Å². The molecule has 0 aromatic heterocycles. The lowest BCUT2D eigenvalue weighted by molar-refractivity contribution is -0.147. The van der Waals surface area contributed by atoms with Crippen molar-refractivity contribution in [1.82, 2.24) is 5.32 Å². The van der Waals surface area contributed by atoms with Gasteiger partial charge in [0.05, 0.1) is 6.04 Å². The Kier molecular flexibility index (Phi) is 5.31. The van der Waals surface area contributed by atoms with Gasteiger partial charge in [-0.05, 0) is 17.5 Å². The van der Waals surface area contributed by atoms with E-state index < -0.39 is 17.8 Å². The fourth-order valence-electron chi connectivity index (χ4n) is 2.37. The topological polar surface area (TPSA) is 66.4 Å². The molecule has 0 spiro atoms. The molecular formula is C18H19NO3. The number of carbonyl (C=O) groups excluding carboxylic acids is 1. The standard InChI is InChI=1S/C18H19NO3/c1-2-15(18(21)22)17(20)19-16(13-9-5-3-6-10-13)14-11-7-4-8-12-14/h3-12,15-16H,2H2,1H3,(H,19,20)(H,21,22). The minimum atomic E-state index is -1.10. The maximum Gasteiger partial charge on any atom is 0.316 e. The second-order valence-corrected chi connectivity index (χ2v) is 5.06. The number of hydrogen-bond donors (Lipinski definition) is 2. The second kappa shape index (κ2) is 7.41. The van der Waals surface area contributed by atoms with Crippen LogP contribution in [0.5, 0.6) is 0 Å². The minimum Gasteiger partial charge on any atom is -0.481 e. The molecule has 0 saturated heterocycles. The van der Waals surface area contributed by atoms with Gasteiger partial charge in [-0.2, -0.15) is 0 Å². The monoisotopic (exact) mass is 297 g/mol. The van der Waals surface area contributed by atoms with Crippen LogP contribution in [-0.2, 0) is 9.59 Å². The van der Waals surface area contributed by atoms with Gasteiger partial charge in [-0.1, -0.05) is 67.6 Å². The number of rotatable bonds is 6. The first-order chi connectivity index (χ1) is 10.6. The van der Waals surface area contributed by atoms with Crippen LogP contribution in [0.4, 0.5) is 0 Å². The molecule has 0 radical (unpaired) electrons. The largest absolute Gasteiger partial charge is 0.481 e. The maximum absolute atomic E-state index is 12.3. The summed E-state index contributed by atoms with van der Waals surface area (Å²) in [6.07, 6.45) is 0.261. The Bertz CT molecular complexity index is 586. The van der Waals surface area contributed by atoms with Gasteiger partial charge in [0.25, 0.3) is 0 Å². The van der Waals surface area contributed by atoms with E-state index in [9.17, 15) is 9.59 Å². The van der Waals surface area contributed by atoms with Gasteiger partial charge in [0, 0.05) is 0 Å². The molecule has 2 aromatic carbocycles. The molecule has 0 fully saturated rings. The molecule has 22 heavy (non-hydrogen) atoms. The summed E-state index contributed by atoms with van der Waals surface area (Å²) in [5, 5.41) is 12.0. The highest BCUT2D eigenvalue weighted by Crippen LogP contribution is 2.22. The zero-order chi connectivity index (χ0) is 15.9. The summed E-state index contributed by atoms with van der Waals surface area (Å²) in [5.41, 5.74) is 1.84. The molecule has 0 heterocycles. The number of carboxylic acids is 1. The van der Waals surface area contributed by atoms with E-state index in [0.717, 1.165) is 11.1 Å². The molecule has 1 atom stereocenters. The van der Waals surface area contributed by atoms with E-state index in [4.69, 9.17) is 5.11 Å².